The first-order chi connectivity index (χ1) is 11.6. The van der Waals surface area contributed by atoms with Crippen molar-refractivity contribution in [2.24, 2.45) is 0 Å². The minimum atomic E-state index is -0.353. The third-order valence-corrected chi connectivity index (χ3v) is 3.78. The van der Waals surface area contributed by atoms with E-state index in [1.54, 1.807) is 12.1 Å². The molecule has 0 saturated heterocycles. The Morgan fingerprint density at radius 3 is 2.62 bits per heavy atom. The monoisotopic (exact) mass is 390 g/mol. The van der Waals surface area contributed by atoms with Gasteiger partial charge in [0, 0.05) is 10.2 Å². The van der Waals surface area contributed by atoms with Crippen molar-refractivity contribution in [2.45, 2.75) is 13.3 Å². The first-order valence-electron chi connectivity index (χ1n) is 7.61. The van der Waals surface area contributed by atoms with E-state index in [2.05, 4.69) is 26.6 Å². The summed E-state index contributed by atoms with van der Waals surface area (Å²) in [7, 11) is 0. The molecule has 0 aliphatic heterocycles. The van der Waals surface area contributed by atoms with Gasteiger partial charge in [0.05, 0.1) is 6.54 Å². The van der Waals surface area contributed by atoms with E-state index in [0.717, 1.165) is 22.1 Å². The Morgan fingerprint density at radius 1 is 1.08 bits per heavy atom. The average Bonchev–Trinajstić information content (AvgIpc) is 2.58. The first-order valence-corrected chi connectivity index (χ1v) is 8.40. The molecule has 0 heterocycles. The highest BCUT2D eigenvalue weighted by Gasteiger charge is 2.08. The molecule has 2 N–H and O–H groups in total. The lowest BCUT2D eigenvalue weighted by Gasteiger charge is -2.11. The summed E-state index contributed by atoms with van der Waals surface area (Å²) < 4.78 is 6.23. The zero-order valence-corrected chi connectivity index (χ0v) is 14.9. The fourth-order valence-corrected chi connectivity index (χ4v) is 2.46. The van der Waals surface area contributed by atoms with Crippen LogP contribution in [0.25, 0.3) is 0 Å². The van der Waals surface area contributed by atoms with Crippen LogP contribution in [0.3, 0.4) is 0 Å². The maximum absolute atomic E-state index is 11.9. The van der Waals surface area contributed by atoms with Crippen molar-refractivity contribution in [3.05, 3.63) is 58.6 Å². The number of aryl methyl sites for hydroxylation is 1. The molecule has 5 nitrogen and oxygen atoms in total. The van der Waals surface area contributed by atoms with Gasteiger partial charge in [-0.05, 0) is 36.2 Å². The van der Waals surface area contributed by atoms with Gasteiger partial charge in [0.15, 0.2) is 6.61 Å². The molecule has 24 heavy (non-hydrogen) atoms. The molecular weight excluding hydrogens is 372 g/mol. The number of halogens is 1. The van der Waals surface area contributed by atoms with Crippen LogP contribution in [0, 0.1) is 0 Å². The molecule has 0 atom stereocenters. The largest absolute Gasteiger partial charge is 0.484 e. The summed E-state index contributed by atoms with van der Waals surface area (Å²) in [6, 6.07) is 14.8. The Hall–Kier alpha value is -2.34. The summed E-state index contributed by atoms with van der Waals surface area (Å²) in [4.78, 5) is 23.7. The molecule has 0 spiro atoms. The summed E-state index contributed by atoms with van der Waals surface area (Å²) in [5.74, 6) is -0.0403. The number of para-hydroxylation sites is 1. The number of nitrogens with one attached hydrogen (secondary N) is 2. The fraction of sp³-hybridized carbons (Fsp3) is 0.222. The molecule has 2 aromatic carbocycles. The van der Waals surface area contributed by atoms with Crippen LogP contribution in [0.2, 0.25) is 0 Å². The summed E-state index contributed by atoms with van der Waals surface area (Å²) in [6.45, 7) is 1.78. The number of carbonyl (C=O) groups is 2. The summed E-state index contributed by atoms with van der Waals surface area (Å²) in [5, 5.41) is 5.33. The second-order valence-corrected chi connectivity index (χ2v) is 6.00. The number of benzene rings is 2. The van der Waals surface area contributed by atoms with Gasteiger partial charge >= 0.3 is 0 Å². The zero-order valence-electron chi connectivity index (χ0n) is 13.3. The minimum absolute atomic E-state index is 0.0985. The lowest BCUT2D eigenvalue weighted by Crippen LogP contribution is -2.35. The number of ether oxygens (including phenoxy) is 1. The second kappa shape index (κ2) is 9.08. The molecule has 2 aromatic rings. The lowest BCUT2D eigenvalue weighted by molar-refractivity contribution is -0.125. The predicted octanol–water partition coefficient (Wildman–Crippen LogP) is 3.15. The van der Waals surface area contributed by atoms with E-state index in [4.69, 9.17) is 4.74 Å². The lowest BCUT2D eigenvalue weighted by atomic mass is 10.1. The van der Waals surface area contributed by atoms with Crippen LogP contribution in [0.4, 0.5) is 5.69 Å². The highest BCUT2D eigenvalue weighted by atomic mass is 79.9. The molecule has 0 fully saturated rings. The average molecular weight is 391 g/mol. The SMILES string of the molecule is CCc1ccccc1NC(=O)CNC(=O)COc1cccc(Br)c1. The minimum Gasteiger partial charge on any atom is -0.484 e. The third kappa shape index (κ3) is 5.70. The van der Waals surface area contributed by atoms with E-state index in [1.807, 2.05) is 43.3 Å². The third-order valence-electron chi connectivity index (χ3n) is 3.28. The van der Waals surface area contributed by atoms with Gasteiger partial charge in [-0.3, -0.25) is 9.59 Å². The van der Waals surface area contributed by atoms with Crippen LogP contribution in [-0.2, 0) is 16.0 Å². The van der Waals surface area contributed by atoms with Gasteiger partial charge in [-0.1, -0.05) is 47.1 Å². The molecule has 2 amide bonds. The van der Waals surface area contributed by atoms with Crippen LogP contribution >= 0.6 is 15.9 Å². The number of hydrogen-bond acceptors (Lipinski definition) is 3. The molecule has 0 unspecified atom stereocenters. The van der Waals surface area contributed by atoms with Crippen molar-refractivity contribution in [2.75, 3.05) is 18.5 Å². The molecule has 0 aromatic heterocycles. The second-order valence-electron chi connectivity index (χ2n) is 5.08. The predicted molar refractivity (Wildman–Crippen MR) is 97.1 cm³/mol. The maximum Gasteiger partial charge on any atom is 0.258 e. The van der Waals surface area contributed by atoms with Gasteiger partial charge in [-0.2, -0.15) is 0 Å². The van der Waals surface area contributed by atoms with Crippen LogP contribution in [-0.4, -0.2) is 25.0 Å². The number of amides is 2. The topological polar surface area (TPSA) is 67.4 Å². The van der Waals surface area contributed by atoms with Crippen molar-refractivity contribution < 1.29 is 14.3 Å². The van der Waals surface area contributed by atoms with E-state index in [9.17, 15) is 9.59 Å². The van der Waals surface area contributed by atoms with Crippen molar-refractivity contribution in [1.29, 1.82) is 0 Å². The maximum atomic E-state index is 11.9. The van der Waals surface area contributed by atoms with Gasteiger partial charge in [-0.25, -0.2) is 0 Å². The van der Waals surface area contributed by atoms with Crippen LogP contribution in [0.15, 0.2) is 53.0 Å². The highest BCUT2D eigenvalue weighted by Crippen LogP contribution is 2.17. The van der Waals surface area contributed by atoms with Gasteiger partial charge in [0.2, 0.25) is 5.91 Å². The van der Waals surface area contributed by atoms with Gasteiger partial charge in [0.25, 0.3) is 5.91 Å². The molecule has 0 aliphatic carbocycles. The molecule has 0 aliphatic rings. The molecular formula is C18H19BrN2O3. The van der Waals surface area contributed by atoms with E-state index < -0.39 is 0 Å². The van der Waals surface area contributed by atoms with Gasteiger partial charge in [-0.15, -0.1) is 0 Å². The smallest absolute Gasteiger partial charge is 0.258 e. The van der Waals surface area contributed by atoms with Crippen LogP contribution in [0.1, 0.15) is 12.5 Å². The quantitative estimate of drug-likeness (QED) is 0.762. The Bertz CT molecular complexity index is 719. The van der Waals surface area contributed by atoms with E-state index >= 15 is 0 Å². The molecule has 126 valence electrons. The Kier molecular flexibility index (Phi) is 6.81. The standard InChI is InChI=1S/C18H19BrN2O3/c1-2-13-6-3-4-9-16(13)21-17(22)11-20-18(23)12-24-15-8-5-7-14(19)10-15/h3-10H,2,11-12H2,1H3,(H,20,23)(H,21,22). The molecule has 0 saturated carbocycles. The van der Waals surface area contributed by atoms with Crippen molar-refractivity contribution in [1.82, 2.24) is 5.32 Å². The van der Waals surface area contributed by atoms with Gasteiger partial charge in [0.1, 0.15) is 5.75 Å². The Labute approximate surface area is 149 Å². The van der Waals surface area contributed by atoms with E-state index in [0.29, 0.717) is 5.75 Å². The normalized spacial score (nSPS) is 10.1. The molecule has 0 bridgehead atoms. The number of hydrogen-bond donors (Lipinski definition) is 2. The van der Waals surface area contributed by atoms with Gasteiger partial charge < -0.3 is 15.4 Å². The van der Waals surface area contributed by atoms with Crippen LogP contribution < -0.4 is 15.4 Å². The Morgan fingerprint density at radius 2 is 1.88 bits per heavy atom. The van der Waals surface area contributed by atoms with E-state index in [1.165, 1.54) is 0 Å². The summed E-state index contributed by atoms with van der Waals surface area (Å²) >= 11 is 3.33. The van der Waals surface area contributed by atoms with Crippen LogP contribution in [0.5, 0.6) is 5.75 Å². The Balaban J connectivity index is 1.76. The van der Waals surface area contributed by atoms with Crippen molar-refractivity contribution in [3.63, 3.8) is 0 Å². The van der Waals surface area contributed by atoms with Crippen molar-refractivity contribution in [3.8, 4) is 5.75 Å². The highest BCUT2D eigenvalue weighted by molar-refractivity contribution is 9.10. The number of anilines is 1. The first kappa shape index (κ1) is 18.0. The summed E-state index contributed by atoms with van der Waals surface area (Å²) in [6.07, 6.45) is 0.823. The van der Waals surface area contributed by atoms with E-state index in [-0.39, 0.29) is 25.0 Å². The summed E-state index contributed by atoms with van der Waals surface area (Å²) in [5.41, 5.74) is 1.82. The zero-order chi connectivity index (χ0) is 17.4. The number of carbonyl (C=O) groups excluding carboxylic acids is 2. The van der Waals surface area contributed by atoms with Crippen molar-refractivity contribution >= 4 is 33.4 Å². The molecule has 2 rings (SSSR count). The molecule has 6 heteroatoms. The number of rotatable bonds is 7. The molecule has 0 radical (unpaired) electrons. The fourth-order valence-electron chi connectivity index (χ4n) is 2.08.